The van der Waals surface area contributed by atoms with Gasteiger partial charge in [0.1, 0.15) is 5.82 Å². The molecule has 15 heavy (non-hydrogen) atoms. The maximum atomic E-state index is 9.25. The number of nitrogen functional groups attached to an aromatic ring is 1. The Bertz CT molecular complexity index is 335. The zero-order valence-corrected chi connectivity index (χ0v) is 9.54. The van der Waals surface area contributed by atoms with Gasteiger partial charge in [-0.2, -0.15) is 0 Å². The van der Waals surface area contributed by atoms with Crippen molar-refractivity contribution in [3.63, 3.8) is 0 Å². The second-order valence-corrected chi connectivity index (χ2v) is 4.12. The molecular weight excluding hydrogens is 190 g/mol. The van der Waals surface area contributed by atoms with E-state index in [1.165, 1.54) is 0 Å². The van der Waals surface area contributed by atoms with Gasteiger partial charge in [-0.25, -0.2) is 4.98 Å². The lowest BCUT2D eigenvalue weighted by Gasteiger charge is -2.27. The van der Waals surface area contributed by atoms with Crippen molar-refractivity contribution in [1.29, 1.82) is 0 Å². The van der Waals surface area contributed by atoms with Crippen LogP contribution < -0.4 is 11.1 Å². The largest absolute Gasteiger partial charge is 0.398 e. The van der Waals surface area contributed by atoms with Crippen LogP contribution in [0.2, 0.25) is 0 Å². The molecule has 0 aliphatic heterocycles. The van der Waals surface area contributed by atoms with Gasteiger partial charge >= 0.3 is 0 Å². The Hall–Kier alpha value is -1.29. The van der Waals surface area contributed by atoms with Crippen LogP contribution in [0, 0.1) is 6.92 Å². The van der Waals surface area contributed by atoms with Crippen molar-refractivity contribution in [2.24, 2.45) is 0 Å². The fraction of sp³-hybridized carbons (Fsp3) is 0.545. The second-order valence-electron chi connectivity index (χ2n) is 4.12. The molecule has 0 bridgehead atoms. The molecule has 0 amide bonds. The Balaban J connectivity index is 2.85. The van der Waals surface area contributed by atoms with Gasteiger partial charge in [-0.1, -0.05) is 6.92 Å². The molecule has 0 radical (unpaired) electrons. The van der Waals surface area contributed by atoms with Crippen molar-refractivity contribution in [2.45, 2.75) is 32.7 Å². The zero-order chi connectivity index (χ0) is 11.5. The van der Waals surface area contributed by atoms with Crippen molar-refractivity contribution in [3.8, 4) is 0 Å². The molecule has 0 fully saturated rings. The minimum Gasteiger partial charge on any atom is -0.398 e. The van der Waals surface area contributed by atoms with Crippen LogP contribution in [0.3, 0.4) is 0 Å². The van der Waals surface area contributed by atoms with Crippen LogP contribution in [-0.4, -0.2) is 22.2 Å². The number of aliphatic hydroxyl groups is 1. The van der Waals surface area contributed by atoms with E-state index in [2.05, 4.69) is 10.3 Å². The minimum atomic E-state index is -0.339. The van der Waals surface area contributed by atoms with E-state index < -0.39 is 0 Å². The van der Waals surface area contributed by atoms with Crippen molar-refractivity contribution in [3.05, 3.63) is 17.8 Å². The van der Waals surface area contributed by atoms with Gasteiger partial charge in [0, 0.05) is 18.0 Å². The highest BCUT2D eigenvalue weighted by molar-refractivity contribution is 5.54. The number of aliphatic hydroxyl groups excluding tert-OH is 1. The molecule has 4 nitrogen and oxygen atoms in total. The molecule has 1 unspecified atom stereocenters. The smallest absolute Gasteiger partial charge is 0.128 e. The predicted octanol–water partition coefficient (Wildman–Crippen LogP) is 1.55. The summed E-state index contributed by atoms with van der Waals surface area (Å²) in [7, 11) is 0. The first-order chi connectivity index (χ1) is 7.00. The fourth-order valence-corrected chi connectivity index (χ4v) is 1.16. The molecule has 1 heterocycles. The number of anilines is 2. The van der Waals surface area contributed by atoms with Crippen molar-refractivity contribution < 1.29 is 5.11 Å². The van der Waals surface area contributed by atoms with Crippen molar-refractivity contribution >= 4 is 11.5 Å². The Morgan fingerprint density at radius 1 is 1.60 bits per heavy atom. The number of aryl methyl sites for hydroxylation is 1. The molecule has 4 heteroatoms. The fourth-order valence-electron chi connectivity index (χ4n) is 1.16. The number of hydrogen-bond donors (Lipinski definition) is 3. The number of nitrogens with one attached hydrogen (secondary N) is 1. The summed E-state index contributed by atoms with van der Waals surface area (Å²) in [6, 6.07) is 1.79. The van der Waals surface area contributed by atoms with Crippen LogP contribution in [0.15, 0.2) is 12.3 Å². The molecule has 1 rings (SSSR count). The summed E-state index contributed by atoms with van der Waals surface area (Å²) < 4.78 is 0. The van der Waals surface area contributed by atoms with Gasteiger partial charge in [-0.05, 0) is 25.8 Å². The Morgan fingerprint density at radius 3 is 2.73 bits per heavy atom. The standard InChI is InChI=1S/C11H19N3O/c1-4-11(3,7-15)14-10-5-9(12)8(2)6-13-10/h5-6,15H,4,7H2,1-3H3,(H3,12,13,14). The first kappa shape index (κ1) is 11.8. The molecule has 0 saturated heterocycles. The molecule has 0 aliphatic carbocycles. The highest BCUT2D eigenvalue weighted by Crippen LogP contribution is 2.19. The Morgan fingerprint density at radius 2 is 2.27 bits per heavy atom. The lowest BCUT2D eigenvalue weighted by molar-refractivity contribution is 0.218. The van der Waals surface area contributed by atoms with E-state index in [0.29, 0.717) is 11.5 Å². The summed E-state index contributed by atoms with van der Waals surface area (Å²) >= 11 is 0. The van der Waals surface area contributed by atoms with Crippen LogP contribution in [-0.2, 0) is 0 Å². The third-order valence-corrected chi connectivity index (χ3v) is 2.70. The molecule has 0 spiro atoms. The van der Waals surface area contributed by atoms with Gasteiger partial charge in [0.25, 0.3) is 0 Å². The lowest BCUT2D eigenvalue weighted by atomic mass is 10.0. The van der Waals surface area contributed by atoms with E-state index in [4.69, 9.17) is 5.73 Å². The number of rotatable bonds is 4. The van der Waals surface area contributed by atoms with Gasteiger partial charge < -0.3 is 16.2 Å². The second kappa shape index (κ2) is 4.49. The predicted molar refractivity (Wildman–Crippen MR) is 62.8 cm³/mol. The Kier molecular flexibility index (Phi) is 3.52. The highest BCUT2D eigenvalue weighted by Gasteiger charge is 2.20. The first-order valence-electron chi connectivity index (χ1n) is 5.12. The van der Waals surface area contributed by atoms with Crippen molar-refractivity contribution in [1.82, 2.24) is 4.98 Å². The normalized spacial score (nSPS) is 14.7. The molecule has 1 aromatic heterocycles. The summed E-state index contributed by atoms with van der Waals surface area (Å²) in [5.74, 6) is 0.705. The van der Waals surface area contributed by atoms with Gasteiger partial charge in [-0.3, -0.25) is 0 Å². The maximum Gasteiger partial charge on any atom is 0.128 e. The summed E-state index contributed by atoms with van der Waals surface area (Å²) in [6.07, 6.45) is 2.55. The summed E-state index contributed by atoms with van der Waals surface area (Å²) in [5.41, 5.74) is 7.11. The van der Waals surface area contributed by atoms with E-state index in [9.17, 15) is 5.11 Å². The maximum absolute atomic E-state index is 9.25. The lowest BCUT2D eigenvalue weighted by Crippen LogP contribution is -2.38. The van der Waals surface area contributed by atoms with E-state index in [1.807, 2.05) is 20.8 Å². The van der Waals surface area contributed by atoms with Crippen LogP contribution >= 0.6 is 0 Å². The number of nitrogens with zero attached hydrogens (tertiary/aromatic N) is 1. The van der Waals surface area contributed by atoms with Gasteiger partial charge in [-0.15, -0.1) is 0 Å². The third-order valence-electron chi connectivity index (χ3n) is 2.70. The van der Waals surface area contributed by atoms with E-state index >= 15 is 0 Å². The van der Waals surface area contributed by atoms with Gasteiger partial charge in [0.15, 0.2) is 0 Å². The van der Waals surface area contributed by atoms with Crippen LogP contribution in [0.25, 0.3) is 0 Å². The number of pyridine rings is 1. The number of aromatic nitrogens is 1. The number of nitrogens with two attached hydrogens (primary N) is 1. The van der Waals surface area contributed by atoms with Gasteiger partial charge in [0.2, 0.25) is 0 Å². The van der Waals surface area contributed by atoms with Crippen LogP contribution in [0.4, 0.5) is 11.5 Å². The summed E-state index contributed by atoms with van der Waals surface area (Å²) in [4.78, 5) is 4.22. The topological polar surface area (TPSA) is 71.2 Å². The van der Waals surface area contributed by atoms with Crippen LogP contribution in [0.1, 0.15) is 25.8 Å². The molecule has 4 N–H and O–H groups in total. The quantitative estimate of drug-likeness (QED) is 0.703. The van der Waals surface area contributed by atoms with E-state index in [-0.39, 0.29) is 12.1 Å². The minimum absolute atomic E-state index is 0.0684. The third kappa shape index (κ3) is 2.83. The monoisotopic (exact) mass is 209 g/mol. The molecule has 0 aromatic carbocycles. The zero-order valence-electron chi connectivity index (χ0n) is 9.54. The Labute approximate surface area is 90.5 Å². The number of hydrogen-bond acceptors (Lipinski definition) is 4. The molecule has 0 saturated carbocycles. The SMILES string of the molecule is CCC(C)(CO)Nc1cc(N)c(C)cn1. The molecule has 0 aliphatic rings. The molecule has 1 atom stereocenters. The first-order valence-corrected chi connectivity index (χ1v) is 5.12. The molecule has 1 aromatic rings. The van der Waals surface area contributed by atoms with Crippen LogP contribution in [0.5, 0.6) is 0 Å². The van der Waals surface area contributed by atoms with E-state index in [1.54, 1.807) is 12.3 Å². The van der Waals surface area contributed by atoms with Crippen molar-refractivity contribution in [2.75, 3.05) is 17.7 Å². The average molecular weight is 209 g/mol. The summed E-state index contributed by atoms with van der Waals surface area (Å²) in [6.45, 7) is 5.95. The molecule has 84 valence electrons. The summed E-state index contributed by atoms with van der Waals surface area (Å²) in [5, 5.41) is 12.4. The average Bonchev–Trinajstić information content (AvgIpc) is 2.23. The van der Waals surface area contributed by atoms with E-state index in [0.717, 1.165) is 12.0 Å². The highest BCUT2D eigenvalue weighted by atomic mass is 16.3. The molecular formula is C11H19N3O. The van der Waals surface area contributed by atoms with Gasteiger partial charge in [0.05, 0.1) is 12.1 Å².